The van der Waals surface area contributed by atoms with Gasteiger partial charge in [0.2, 0.25) is 5.95 Å². The summed E-state index contributed by atoms with van der Waals surface area (Å²) in [5.41, 5.74) is 8.05. The third kappa shape index (κ3) is 3.91. The summed E-state index contributed by atoms with van der Waals surface area (Å²) in [5.74, 6) is -0.000265. The molecule has 0 amide bonds. The fourth-order valence-electron chi connectivity index (χ4n) is 6.45. The van der Waals surface area contributed by atoms with Crippen LogP contribution in [0.3, 0.4) is 0 Å². The summed E-state index contributed by atoms with van der Waals surface area (Å²) in [6.07, 6.45) is 3.74. The normalized spacial score (nSPS) is 19.6. The van der Waals surface area contributed by atoms with Crippen molar-refractivity contribution in [3.8, 4) is 17.3 Å². The fourth-order valence-corrected chi connectivity index (χ4v) is 7.37. The van der Waals surface area contributed by atoms with E-state index in [-0.39, 0.29) is 50.6 Å². The molecule has 3 aliphatic rings. The Hall–Kier alpha value is -3.50. The Balaban J connectivity index is 1.29. The van der Waals surface area contributed by atoms with Crippen molar-refractivity contribution in [3.63, 3.8) is 0 Å². The number of likely N-dealkylation sites (tertiary alicyclic amines) is 1. The van der Waals surface area contributed by atoms with Gasteiger partial charge in [0.1, 0.15) is 16.6 Å². The van der Waals surface area contributed by atoms with E-state index in [0.717, 1.165) is 62.2 Å². The molecule has 1 aromatic carbocycles. The number of hydrogen-bond donors (Lipinski definition) is 1. The van der Waals surface area contributed by atoms with Gasteiger partial charge in [0.25, 0.3) is 0 Å². The summed E-state index contributed by atoms with van der Waals surface area (Å²) < 4.78 is 37.1. The van der Waals surface area contributed by atoms with Crippen LogP contribution in [-0.2, 0) is 18.0 Å². The van der Waals surface area contributed by atoms with Crippen molar-refractivity contribution in [2.45, 2.75) is 25.7 Å². The summed E-state index contributed by atoms with van der Waals surface area (Å²) in [4.78, 5) is 20.5. The molecule has 3 aromatic heterocycles. The first-order valence-electron chi connectivity index (χ1n) is 13.3. The van der Waals surface area contributed by atoms with Crippen molar-refractivity contribution < 1.29 is 13.5 Å². The number of nitriles is 1. The molecule has 4 aromatic rings. The van der Waals surface area contributed by atoms with E-state index < -0.39 is 11.6 Å². The van der Waals surface area contributed by atoms with E-state index in [2.05, 4.69) is 38.8 Å². The molecule has 12 heteroatoms. The summed E-state index contributed by atoms with van der Waals surface area (Å²) in [7, 11) is 4.21. The van der Waals surface area contributed by atoms with Crippen LogP contribution in [0.2, 0.25) is 0 Å². The number of nitrogens with zero attached hydrogens (tertiary/aromatic N) is 7. The number of hydrogen-bond acceptors (Lipinski definition) is 10. The SMILES string of the molecule is CN(C)CC1CN([C@@H]2CCN(c3ncc4c5c(c(-c6ncc(F)c7sc(N)c(C#N)c67)c(F)c4n3)COC5)C2)C1. The molecule has 0 aliphatic carbocycles. The summed E-state index contributed by atoms with van der Waals surface area (Å²) >= 11 is 0.961. The maximum atomic E-state index is 16.5. The molecule has 9 nitrogen and oxygen atoms in total. The van der Waals surface area contributed by atoms with Crippen molar-refractivity contribution in [1.29, 1.82) is 5.26 Å². The van der Waals surface area contributed by atoms with Gasteiger partial charge in [0.15, 0.2) is 11.6 Å². The fraction of sp³-hybridized carbons (Fsp3) is 0.429. The molecular formula is C28H28F2N8OS. The summed E-state index contributed by atoms with van der Waals surface area (Å²) in [6.45, 7) is 5.32. The molecular weight excluding hydrogens is 534 g/mol. The number of ether oxygens (including phenoxy) is 1. The van der Waals surface area contributed by atoms with Crippen LogP contribution in [-0.4, -0.2) is 77.6 Å². The van der Waals surface area contributed by atoms with Gasteiger partial charge in [-0.3, -0.25) is 9.88 Å². The monoisotopic (exact) mass is 562 g/mol. The summed E-state index contributed by atoms with van der Waals surface area (Å²) in [5, 5.41) is 10.7. The number of halogens is 2. The van der Waals surface area contributed by atoms with Crippen LogP contribution in [0.1, 0.15) is 23.1 Å². The second-order valence-corrected chi connectivity index (χ2v) is 12.2. The van der Waals surface area contributed by atoms with Gasteiger partial charge in [0, 0.05) is 61.3 Å². The number of nitrogen functional groups attached to an aromatic ring is 1. The topological polar surface area (TPSA) is 107 Å². The van der Waals surface area contributed by atoms with E-state index in [1.165, 1.54) is 0 Å². The quantitative estimate of drug-likeness (QED) is 0.389. The molecule has 0 unspecified atom stereocenters. The first-order valence-corrected chi connectivity index (χ1v) is 14.1. The van der Waals surface area contributed by atoms with Crippen molar-refractivity contribution in [3.05, 3.63) is 40.7 Å². The lowest BCUT2D eigenvalue weighted by Crippen LogP contribution is -2.55. The average Bonchev–Trinajstić information content (AvgIpc) is 3.66. The molecule has 3 aliphatic heterocycles. The molecule has 2 saturated heterocycles. The highest BCUT2D eigenvalue weighted by molar-refractivity contribution is 7.23. The first kappa shape index (κ1) is 25.5. The van der Waals surface area contributed by atoms with Gasteiger partial charge in [-0.1, -0.05) is 0 Å². The zero-order valence-corrected chi connectivity index (χ0v) is 23.1. The highest BCUT2D eigenvalue weighted by atomic mass is 32.1. The van der Waals surface area contributed by atoms with E-state index in [4.69, 9.17) is 15.5 Å². The van der Waals surface area contributed by atoms with Crippen LogP contribution >= 0.6 is 11.3 Å². The van der Waals surface area contributed by atoms with Gasteiger partial charge in [-0.2, -0.15) is 5.26 Å². The van der Waals surface area contributed by atoms with Gasteiger partial charge in [-0.25, -0.2) is 18.7 Å². The van der Waals surface area contributed by atoms with Crippen LogP contribution < -0.4 is 10.6 Å². The van der Waals surface area contributed by atoms with E-state index >= 15 is 4.39 Å². The standard InChI is InChI=1S/C28H28F2N8OS/c1-36(2)8-14-9-38(10-14)15-3-4-37(11-15)28-34-6-17-18-12-39-13-19(18)21(23(30)24(17)35-28)25-22-16(5-31)27(32)40-26(22)20(29)7-33-25/h6-7,14-15H,3-4,8-13,32H2,1-2H3/t15-/m1/s1. The van der Waals surface area contributed by atoms with Crippen molar-refractivity contribution >= 4 is 43.3 Å². The van der Waals surface area contributed by atoms with Crippen molar-refractivity contribution in [2.75, 3.05) is 57.5 Å². The van der Waals surface area contributed by atoms with Gasteiger partial charge >= 0.3 is 0 Å². The number of rotatable bonds is 5. The predicted octanol–water partition coefficient (Wildman–Crippen LogP) is 3.74. The number of aromatic nitrogens is 3. The zero-order valence-electron chi connectivity index (χ0n) is 22.2. The Morgan fingerprint density at radius 1 is 1.18 bits per heavy atom. The minimum Gasteiger partial charge on any atom is -0.389 e. The molecule has 0 bridgehead atoms. The van der Waals surface area contributed by atoms with Gasteiger partial charge in [-0.05, 0) is 37.6 Å². The summed E-state index contributed by atoms with van der Waals surface area (Å²) in [6, 6.07) is 2.47. The molecule has 40 heavy (non-hydrogen) atoms. The minimum absolute atomic E-state index is 0.0967. The third-order valence-corrected chi connectivity index (χ3v) is 9.33. The van der Waals surface area contributed by atoms with E-state index in [9.17, 15) is 9.65 Å². The Morgan fingerprint density at radius 3 is 2.75 bits per heavy atom. The van der Waals surface area contributed by atoms with Gasteiger partial charge in [-0.15, -0.1) is 11.3 Å². The van der Waals surface area contributed by atoms with E-state index in [0.29, 0.717) is 28.9 Å². The lowest BCUT2D eigenvalue weighted by molar-refractivity contribution is 0.0464. The van der Waals surface area contributed by atoms with Crippen LogP contribution in [0.5, 0.6) is 0 Å². The lowest BCUT2D eigenvalue weighted by atomic mass is 9.94. The number of nitrogens with two attached hydrogens (primary N) is 1. The maximum Gasteiger partial charge on any atom is 0.226 e. The Kier molecular flexibility index (Phi) is 6.08. The molecule has 2 N–H and O–H groups in total. The smallest absolute Gasteiger partial charge is 0.226 e. The minimum atomic E-state index is -0.602. The Bertz CT molecular complexity index is 1710. The average molecular weight is 563 g/mol. The first-order chi connectivity index (χ1) is 19.3. The maximum absolute atomic E-state index is 16.5. The molecule has 0 saturated carbocycles. The number of benzene rings is 1. The van der Waals surface area contributed by atoms with E-state index in [1.54, 1.807) is 6.20 Å². The van der Waals surface area contributed by atoms with Gasteiger partial charge in [0.05, 0.1) is 35.4 Å². The molecule has 0 radical (unpaired) electrons. The molecule has 2 fully saturated rings. The zero-order chi connectivity index (χ0) is 27.7. The number of anilines is 2. The second-order valence-electron chi connectivity index (χ2n) is 11.2. The van der Waals surface area contributed by atoms with Crippen molar-refractivity contribution in [2.24, 2.45) is 5.92 Å². The van der Waals surface area contributed by atoms with Crippen LogP contribution in [0.25, 0.3) is 32.2 Å². The predicted molar refractivity (Wildman–Crippen MR) is 150 cm³/mol. The largest absolute Gasteiger partial charge is 0.389 e. The molecule has 1 atom stereocenters. The van der Waals surface area contributed by atoms with E-state index in [1.807, 2.05) is 6.07 Å². The Labute approximate surface area is 233 Å². The molecule has 206 valence electrons. The molecule has 7 rings (SSSR count). The number of fused-ring (bicyclic) bond motifs is 4. The third-order valence-electron chi connectivity index (χ3n) is 8.30. The lowest BCUT2D eigenvalue weighted by Gasteiger charge is -2.44. The van der Waals surface area contributed by atoms with Crippen LogP contribution in [0.15, 0.2) is 12.4 Å². The number of thiophene rings is 1. The van der Waals surface area contributed by atoms with Crippen molar-refractivity contribution in [1.82, 2.24) is 24.8 Å². The van der Waals surface area contributed by atoms with Gasteiger partial charge < -0.3 is 20.3 Å². The highest BCUT2D eigenvalue weighted by Gasteiger charge is 2.37. The second kappa shape index (κ2) is 9.55. The molecule has 6 heterocycles. The Morgan fingerprint density at radius 2 is 1.98 bits per heavy atom. The van der Waals surface area contributed by atoms with Crippen LogP contribution in [0, 0.1) is 28.9 Å². The number of pyridine rings is 1. The molecule has 0 spiro atoms. The highest BCUT2D eigenvalue weighted by Crippen LogP contribution is 2.45. The van der Waals surface area contributed by atoms with Crippen LogP contribution in [0.4, 0.5) is 19.7 Å².